The number of nitrogens with zero attached hydrogens (tertiary/aromatic N) is 4. The van der Waals surface area contributed by atoms with Crippen molar-refractivity contribution >= 4 is 20.4 Å². The van der Waals surface area contributed by atoms with Gasteiger partial charge in [-0.25, -0.2) is 14.7 Å². The van der Waals surface area contributed by atoms with Crippen LogP contribution in [0, 0.1) is 0 Å². The largest absolute Gasteiger partial charge is 0.497 e. The highest BCUT2D eigenvalue weighted by molar-refractivity contribution is 6.74. The van der Waals surface area contributed by atoms with Crippen LogP contribution in [0.5, 0.6) is 17.4 Å². The van der Waals surface area contributed by atoms with Crippen molar-refractivity contribution < 1.29 is 42.8 Å². The number of amides is 1. The summed E-state index contributed by atoms with van der Waals surface area (Å²) in [7, 11) is 1.02. The van der Waals surface area contributed by atoms with Gasteiger partial charge in [-0.05, 0) is 88.1 Å². The molecule has 0 radical (unpaired) electrons. The SMILES string of the molecule is COc1ccc(COc2nc(N(Cc3ccc(OC)cc3)C(=O)OC(C)(C)C)ncc2[C@H]2[C@@H]3OC(C)(C)O[C@@H]3[C@@H](CO[Si](C)(C)C(C)(C)C)N2O)cc1. The molecule has 53 heavy (non-hydrogen) atoms. The number of hydroxylamine groups is 2. The van der Waals surface area contributed by atoms with Crippen LogP contribution in [0.1, 0.15) is 78.1 Å². The van der Waals surface area contributed by atoms with Gasteiger partial charge in [-0.15, -0.1) is 0 Å². The van der Waals surface area contributed by atoms with Gasteiger partial charge in [0.2, 0.25) is 11.8 Å². The van der Waals surface area contributed by atoms with E-state index in [1.165, 1.54) is 9.96 Å². The van der Waals surface area contributed by atoms with E-state index in [-0.39, 0.29) is 36.6 Å². The Kier molecular flexibility index (Phi) is 11.8. The van der Waals surface area contributed by atoms with Crippen LogP contribution in [0.3, 0.4) is 0 Å². The maximum Gasteiger partial charge on any atom is 0.417 e. The molecule has 1 aromatic heterocycles. The third-order valence-corrected chi connectivity index (χ3v) is 14.4. The Morgan fingerprint density at radius 3 is 2.04 bits per heavy atom. The molecule has 0 bridgehead atoms. The van der Waals surface area contributed by atoms with Gasteiger partial charge in [0.1, 0.15) is 35.9 Å². The lowest BCUT2D eigenvalue weighted by Crippen LogP contribution is -2.47. The van der Waals surface area contributed by atoms with Crippen molar-refractivity contribution in [3.63, 3.8) is 0 Å². The van der Waals surface area contributed by atoms with Gasteiger partial charge in [-0.2, -0.15) is 10.0 Å². The Labute approximate surface area is 314 Å². The summed E-state index contributed by atoms with van der Waals surface area (Å²) >= 11 is 0. The number of carbonyl (C=O) groups is 1. The van der Waals surface area contributed by atoms with Crippen molar-refractivity contribution in [1.29, 1.82) is 0 Å². The molecule has 290 valence electrons. The highest BCUT2D eigenvalue weighted by Gasteiger charge is 2.59. The molecular formula is C39H56N4O9Si. The molecule has 4 atom stereocenters. The van der Waals surface area contributed by atoms with Crippen molar-refractivity contribution in [2.45, 2.75) is 122 Å². The minimum atomic E-state index is -2.19. The molecule has 3 heterocycles. The number of hydrogen-bond donors (Lipinski definition) is 1. The first-order valence-corrected chi connectivity index (χ1v) is 20.9. The van der Waals surface area contributed by atoms with Gasteiger partial charge in [0, 0.05) is 6.20 Å². The van der Waals surface area contributed by atoms with E-state index in [4.69, 9.17) is 42.8 Å². The number of benzene rings is 2. The fourth-order valence-electron chi connectivity index (χ4n) is 6.00. The molecule has 0 unspecified atom stereocenters. The maximum absolute atomic E-state index is 13.8. The second-order valence-electron chi connectivity index (χ2n) is 16.5. The zero-order valence-electron chi connectivity index (χ0n) is 33.1. The molecule has 3 aromatic rings. The van der Waals surface area contributed by atoms with Crippen LogP contribution in [0.2, 0.25) is 18.1 Å². The number of aromatic nitrogens is 2. The van der Waals surface area contributed by atoms with Crippen molar-refractivity contribution in [1.82, 2.24) is 15.0 Å². The van der Waals surface area contributed by atoms with E-state index >= 15 is 0 Å². The third-order valence-electron chi connectivity index (χ3n) is 9.88. The van der Waals surface area contributed by atoms with E-state index in [2.05, 4.69) is 33.9 Å². The quantitative estimate of drug-likeness (QED) is 0.182. The summed E-state index contributed by atoms with van der Waals surface area (Å²) in [6.07, 6.45) is -0.188. The van der Waals surface area contributed by atoms with Crippen molar-refractivity contribution in [2.75, 3.05) is 25.7 Å². The highest BCUT2D eigenvalue weighted by atomic mass is 28.4. The monoisotopic (exact) mass is 752 g/mol. The average Bonchev–Trinajstić information content (AvgIpc) is 3.52. The van der Waals surface area contributed by atoms with E-state index in [1.807, 2.05) is 62.4 Å². The second kappa shape index (κ2) is 15.5. The fourth-order valence-corrected chi connectivity index (χ4v) is 7.02. The predicted molar refractivity (Wildman–Crippen MR) is 202 cm³/mol. The second-order valence-corrected chi connectivity index (χ2v) is 21.3. The summed E-state index contributed by atoms with van der Waals surface area (Å²) in [6, 6.07) is 13.5. The molecule has 0 saturated carbocycles. The Hall–Kier alpha value is -3.79. The van der Waals surface area contributed by atoms with Crippen LogP contribution in [0.15, 0.2) is 54.7 Å². The van der Waals surface area contributed by atoms with Crippen LogP contribution in [0.25, 0.3) is 0 Å². The third kappa shape index (κ3) is 9.48. The van der Waals surface area contributed by atoms with E-state index < -0.39 is 50.1 Å². The zero-order chi connectivity index (χ0) is 38.9. The number of anilines is 1. The molecular weight excluding hydrogens is 697 g/mol. The summed E-state index contributed by atoms with van der Waals surface area (Å²) in [5.41, 5.74) is 1.33. The fraction of sp³-hybridized carbons (Fsp3) is 0.564. The van der Waals surface area contributed by atoms with Gasteiger partial charge in [0.25, 0.3) is 0 Å². The van der Waals surface area contributed by atoms with Gasteiger partial charge in [0.15, 0.2) is 14.1 Å². The summed E-state index contributed by atoms with van der Waals surface area (Å²) in [4.78, 5) is 24.7. The molecule has 2 aliphatic heterocycles. The highest BCUT2D eigenvalue weighted by Crippen LogP contribution is 2.49. The minimum absolute atomic E-state index is 0.0328. The van der Waals surface area contributed by atoms with Crippen LogP contribution < -0.4 is 19.1 Å². The first kappa shape index (κ1) is 40.4. The summed E-state index contributed by atoms with van der Waals surface area (Å²) in [5.74, 6) is 0.705. The molecule has 13 nitrogen and oxygen atoms in total. The summed E-state index contributed by atoms with van der Waals surface area (Å²) in [6.45, 7) is 20.5. The summed E-state index contributed by atoms with van der Waals surface area (Å²) < 4.78 is 42.4. The number of hydrogen-bond acceptors (Lipinski definition) is 12. The molecule has 1 amide bonds. The van der Waals surface area contributed by atoms with E-state index in [1.54, 1.807) is 41.2 Å². The number of ether oxygens (including phenoxy) is 6. The molecule has 2 fully saturated rings. The van der Waals surface area contributed by atoms with E-state index in [0.29, 0.717) is 17.1 Å². The maximum atomic E-state index is 13.8. The van der Waals surface area contributed by atoms with Crippen molar-refractivity contribution in [3.8, 4) is 17.4 Å². The Morgan fingerprint density at radius 2 is 1.49 bits per heavy atom. The van der Waals surface area contributed by atoms with Gasteiger partial charge in [-0.3, -0.25) is 0 Å². The van der Waals surface area contributed by atoms with Crippen LogP contribution in [-0.2, 0) is 31.8 Å². The number of rotatable bonds is 12. The smallest absolute Gasteiger partial charge is 0.417 e. The number of carbonyl (C=O) groups excluding carboxylic acids is 1. The van der Waals surface area contributed by atoms with Gasteiger partial charge < -0.3 is 38.1 Å². The molecule has 2 aliphatic rings. The number of fused-ring (bicyclic) bond motifs is 1. The molecule has 0 spiro atoms. The Morgan fingerprint density at radius 1 is 0.925 bits per heavy atom. The van der Waals surface area contributed by atoms with Crippen molar-refractivity contribution in [3.05, 3.63) is 71.4 Å². The molecule has 5 rings (SSSR count). The molecule has 1 N–H and O–H groups in total. The zero-order valence-corrected chi connectivity index (χ0v) is 34.1. The van der Waals surface area contributed by atoms with E-state index in [0.717, 1.165) is 11.1 Å². The molecule has 2 saturated heterocycles. The van der Waals surface area contributed by atoms with Crippen molar-refractivity contribution in [2.24, 2.45) is 0 Å². The lowest BCUT2D eigenvalue weighted by atomic mass is 10.0. The van der Waals surface area contributed by atoms with Crippen LogP contribution >= 0.6 is 0 Å². The lowest BCUT2D eigenvalue weighted by molar-refractivity contribution is -0.220. The number of methoxy groups -OCH3 is 2. The van der Waals surface area contributed by atoms with Crippen LogP contribution in [0.4, 0.5) is 10.7 Å². The van der Waals surface area contributed by atoms with Crippen LogP contribution in [-0.4, -0.2) is 85.1 Å². The Balaban J connectivity index is 1.56. The molecule has 0 aliphatic carbocycles. The normalized spacial score (nSPS) is 21.6. The topological polar surface area (TPSA) is 134 Å². The lowest BCUT2D eigenvalue weighted by Gasteiger charge is -2.38. The average molecular weight is 753 g/mol. The molecule has 14 heteroatoms. The first-order valence-electron chi connectivity index (χ1n) is 17.9. The Bertz CT molecular complexity index is 1710. The van der Waals surface area contributed by atoms with Gasteiger partial charge in [0.05, 0.1) is 45.0 Å². The minimum Gasteiger partial charge on any atom is -0.497 e. The predicted octanol–water partition coefficient (Wildman–Crippen LogP) is 7.67. The van der Waals surface area contributed by atoms with E-state index in [9.17, 15) is 10.0 Å². The molecule has 2 aromatic carbocycles. The first-order chi connectivity index (χ1) is 24.7. The van der Waals surface area contributed by atoms with Gasteiger partial charge in [-0.1, -0.05) is 45.0 Å². The van der Waals surface area contributed by atoms with Gasteiger partial charge >= 0.3 is 6.09 Å². The standard InChI is InChI=1S/C39H56N4O9Si/c1-37(2,3)52-36(44)42(22-25-13-17-27(46-9)18-14-25)35-40-21-29(34(41-35)48-23-26-15-19-28(47-10)20-16-26)31-33-32(50-39(7,8)51-33)30(43(31)45)24-49-53(11,12)38(4,5)6/h13-21,30-33,45H,22-24H2,1-12H3/t30-,31+,32-,33+/m1/s1. The summed E-state index contributed by atoms with van der Waals surface area (Å²) in [5, 5.41) is 13.2.